The Hall–Kier alpha value is -3.29. The first-order valence-corrected chi connectivity index (χ1v) is 9.95. The second kappa shape index (κ2) is 8.81. The number of nitrogens with one attached hydrogen (secondary N) is 2. The van der Waals surface area contributed by atoms with Gasteiger partial charge in [0.1, 0.15) is 25.4 Å². The van der Waals surface area contributed by atoms with Gasteiger partial charge in [-0.15, -0.1) is 11.3 Å². The Kier molecular flexibility index (Phi) is 6.68. The standard InChI is InChI=1S/C13H15N7O7S2/c1-27-19-9(6-5-28-13(15)17-6)11(22)18-10-7(4-8(21)16-3-2-14)20(12(10)23)29(24,25)26/h5,7,10H,3-4H2,1H3,(H2,15,17)(H,16,21)(H,18,22)(H,24,25,26)/b19-9-/t7-,10-/m1/s1. The average Bonchev–Trinajstić information content (AvgIpc) is 3.06. The summed E-state index contributed by atoms with van der Waals surface area (Å²) in [4.78, 5) is 45.0. The van der Waals surface area contributed by atoms with E-state index in [1.54, 1.807) is 6.07 Å². The monoisotopic (exact) mass is 445 g/mol. The Morgan fingerprint density at radius 3 is 2.76 bits per heavy atom. The number of amides is 3. The maximum absolute atomic E-state index is 12.5. The Balaban J connectivity index is 2.22. The number of nitrogen functional groups attached to an aromatic ring is 1. The van der Waals surface area contributed by atoms with Crippen LogP contribution in [0.25, 0.3) is 0 Å². The lowest BCUT2D eigenvalue weighted by Crippen LogP contribution is -2.72. The molecule has 1 aliphatic rings. The highest BCUT2D eigenvalue weighted by atomic mass is 32.2. The number of anilines is 1. The second-order valence-electron chi connectivity index (χ2n) is 5.46. The second-order valence-corrected chi connectivity index (χ2v) is 7.64. The Morgan fingerprint density at radius 2 is 2.24 bits per heavy atom. The molecule has 0 aliphatic carbocycles. The summed E-state index contributed by atoms with van der Waals surface area (Å²) in [5, 5.41) is 18.0. The van der Waals surface area contributed by atoms with Crippen molar-refractivity contribution in [1.29, 1.82) is 5.26 Å². The molecular formula is C13H15N7O7S2. The fraction of sp³-hybridized carbons (Fsp3) is 0.385. The molecule has 2 rings (SSSR count). The van der Waals surface area contributed by atoms with Gasteiger partial charge in [-0.3, -0.25) is 18.9 Å². The highest BCUT2D eigenvalue weighted by Crippen LogP contribution is 2.26. The van der Waals surface area contributed by atoms with E-state index in [0.29, 0.717) is 0 Å². The van der Waals surface area contributed by atoms with Crippen molar-refractivity contribution in [3.05, 3.63) is 11.1 Å². The Bertz CT molecular complexity index is 997. The molecule has 0 unspecified atom stereocenters. The summed E-state index contributed by atoms with van der Waals surface area (Å²) in [7, 11) is -3.81. The molecule has 2 atom stereocenters. The minimum Gasteiger partial charge on any atom is -0.398 e. The summed E-state index contributed by atoms with van der Waals surface area (Å²) in [6, 6.07) is -1.22. The molecule has 1 saturated heterocycles. The normalized spacial score (nSPS) is 19.1. The molecule has 2 heterocycles. The van der Waals surface area contributed by atoms with E-state index in [2.05, 4.69) is 25.6 Å². The molecule has 1 aromatic heterocycles. The zero-order valence-corrected chi connectivity index (χ0v) is 16.4. The molecule has 156 valence electrons. The molecule has 0 spiro atoms. The number of β-lactam (4-membered cyclic amide) rings is 1. The van der Waals surface area contributed by atoms with E-state index in [-0.39, 0.29) is 27.4 Å². The van der Waals surface area contributed by atoms with Crippen molar-refractivity contribution < 1.29 is 32.2 Å². The van der Waals surface area contributed by atoms with Crippen molar-refractivity contribution in [3.8, 4) is 6.07 Å². The van der Waals surface area contributed by atoms with Gasteiger partial charge in [-0.2, -0.15) is 13.7 Å². The van der Waals surface area contributed by atoms with Gasteiger partial charge in [0.2, 0.25) is 5.91 Å². The van der Waals surface area contributed by atoms with E-state index >= 15 is 0 Å². The van der Waals surface area contributed by atoms with E-state index in [0.717, 1.165) is 11.3 Å². The van der Waals surface area contributed by atoms with E-state index < -0.39 is 46.5 Å². The number of aromatic nitrogens is 1. The number of rotatable bonds is 8. The number of carbonyl (C=O) groups excluding carboxylic acids is 3. The largest absolute Gasteiger partial charge is 0.398 e. The SMILES string of the molecule is CO/N=C(\C(=O)N[C@H]1C(=O)N(S(=O)(=O)O)[C@@H]1CC(=O)NCC#N)c1csc(N)n1. The number of hydrogen-bond acceptors (Lipinski definition) is 11. The predicted molar refractivity (Wildman–Crippen MR) is 97.4 cm³/mol. The summed E-state index contributed by atoms with van der Waals surface area (Å²) in [5.74, 6) is -2.88. The maximum atomic E-state index is 12.5. The third kappa shape index (κ3) is 4.96. The lowest BCUT2D eigenvalue weighted by atomic mass is 9.94. The molecular weight excluding hydrogens is 430 g/mol. The van der Waals surface area contributed by atoms with Gasteiger partial charge in [0.05, 0.1) is 18.5 Å². The first-order valence-electron chi connectivity index (χ1n) is 7.67. The van der Waals surface area contributed by atoms with Crippen LogP contribution in [0.2, 0.25) is 0 Å². The zero-order valence-electron chi connectivity index (χ0n) is 14.7. The number of nitrogens with two attached hydrogens (primary N) is 1. The molecule has 5 N–H and O–H groups in total. The highest BCUT2D eigenvalue weighted by molar-refractivity contribution is 7.84. The number of carbonyl (C=O) groups is 3. The molecule has 14 nitrogen and oxygen atoms in total. The lowest BCUT2D eigenvalue weighted by Gasteiger charge is -2.43. The van der Waals surface area contributed by atoms with Crippen LogP contribution in [0.4, 0.5) is 5.13 Å². The molecule has 3 amide bonds. The van der Waals surface area contributed by atoms with Gasteiger partial charge in [-0.05, 0) is 0 Å². The number of nitrogens with zero attached hydrogens (tertiary/aromatic N) is 4. The smallest absolute Gasteiger partial charge is 0.362 e. The van der Waals surface area contributed by atoms with Crippen LogP contribution in [0, 0.1) is 11.3 Å². The minimum atomic E-state index is -4.97. The van der Waals surface area contributed by atoms with Crippen molar-refractivity contribution in [3.63, 3.8) is 0 Å². The topological polar surface area (TPSA) is 217 Å². The summed E-state index contributed by atoms with van der Waals surface area (Å²) in [6.45, 7) is -0.349. The van der Waals surface area contributed by atoms with Gasteiger partial charge in [-0.25, -0.2) is 9.29 Å². The molecule has 16 heteroatoms. The minimum absolute atomic E-state index is 0.0496. The third-order valence-electron chi connectivity index (χ3n) is 3.63. The van der Waals surface area contributed by atoms with E-state index in [1.165, 1.54) is 12.5 Å². The molecule has 1 fully saturated rings. The quantitative estimate of drug-likeness (QED) is 0.109. The van der Waals surface area contributed by atoms with Crippen LogP contribution in [0.1, 0.15) is 12.1 Å². The van der Waals surface area contributed by atoms with Crippen molar-refractivity contribution >= 4 is 50.2 Å². The molecule has 0 saturated carbocycles. The summed E-state index contributed by atoms with van der Waals surface area (Å²) in [5.41, 5.74) is 5.22. The number of hydrogen-bond donors (Lipinski definition) is 4. The van der Waals surface area contributed by atoms with Gasteiger partial charge in [0, 0.05) is 5.38 Å². The summed E-state index contributed by atoms with van der Waals surface area (Å²) in [6.07, 6.45) is -0.599. The van der Waals surface area contributed by atoms with E-state index in [4.69, 9.17) is 11.0 Å². The molecule has 29 heavy (non-hydrogen) atoms. The van der Waals surface area contributed by atoms with Gasteiger partial charge in [0.25, 0.3) is 11.8 Å². The van der Waals surface area contributed by atoms with Crippen molar-refractivity contribution in [1.82, 2.24) is 19.9 Å². The number of oxime groups is 1. The maximum Gasteiger partial charge on any atom is 0.362 e. The van der Waals surface area contributed by atoms with Crippen LogP contribution >= 0.6 is 11.3 Å². The zero-order chi connectivity index (χ0) is 21.8. The van der Waals surface area contributed by atoms with E-state index in [9.17, 15) is 27.4 Å². The fourth-order valence-electron chi connectivity index (χ4n) is 2.46. The predicted octanol–water partition coefficient (Wildman–Crippen LogP) is -2.40. The van der Waals surface area contributed by atoms with Gasteiger partial charge in [-0.1, -0.05) is 5.16 Å². The van der Waals surface area contributed by atoms with Crippen LogP contribution < -0.4 is 16.4 Å². The van der Waals surface area contributed by atoms with Crippen LogP contribution in [0.15, 0.2) is 10.5 Å². The van der Waals surface area contributed by atoms with Crippen LogP contribution in [0.3, 0.4) is 0 Å². The molecule has 1 aliphatic heterocycles. The van der Waals surface area contributed by atoms with Gasteiger partial charge < -0.3 is 21.2 Å². The van der Waals surface area contributed by atoms with Crippen LogP contribution in [-0.4, -0.2) is 71.4 Å². The first-order chi connectivity index (χ1) is 13.6. The average molecular weight is 445 g/mol. The van der Waals surface area contributed by atoms with Crippen molar-refractivity contribution in [2.24, 2.45) is 5.16 Å². The number of nitriles is 1. The first kappa shape index (κ1) is 22.0. The van der Waals surface area contributed by atoms with Crippen LogP contribution in [0.5, 0.6) is 0 Å². The van der Waals surface area contributed by atoms with Crippen molar-refractivity contribution in [2.45, 2.75) is 18.5 Å². The Morgan fingerprint density at radius 1 is 1.55 bits per heavy atom. The molecule has 0 radical (unpaired) electrons. The molecule has 0 bridgehead atoms. The molecule has 1 aromatic rings. The summed E-state index contributed by atoms with van der Waals surface area (Å²) >= 11 is 1.02. The van der Waals surface area contributed by atoms with E-state index in [1.807, 2.05) is 0 Å². The molecule has 0 aromatic carbocycles. The van der Waals surface area contributed by atoms with Gasteiger partial charge >= 0.3 is 10.3 Å². The lowest BCUT2D eigenvalue weighted by molar-refractivity contribution is -0.146. The third-order valence-corrected chi connectivity index (χ3v) is 5.25. The summed E-state index contributed by atoms with van der Waals surface area (Å²) < 4.78 is 32.1. The van der Waals surface area contributed by atoms with Crippen LogP contribution in [-0.2, 0) is 29.5 Å². The van der Waals surface area contributed by atoms with Crippen molar-refractivity contribution in [2.75, 3.05) is 19.4 Å². The highest BCUT2D eigenvalue weighted by Gasteiger charge is 2.54. The fourth-order valence-corrected chi connectivity index (χ4v) is 3.89. The number of thiazole rings is 1. The Labute approximate surface area is 168 Å². The van der Waals surface area contributed by atoms with Gasteiger partial charge in [0.15, 0.2) is 10.8 Å².